The zero-order valence-corrected chi connectivity index (χ0v) is 21.0. The fourth-order valence-corrected chi connectivity index (χ4v) is 4.53. The highest BCUT2D eigenvalue weighted by atomic mass is 127. The van der Waals surface area contributed by atoms with Crippen LogP contribution in [0.3, 0.4) is 0 Å². The van der Waals surface area contributed by atoms with Crippen LogP contribution in [0.1, 0.15) is 25.0 Å². The van der Waals surface area contributed by atoms with Crippen molar-refractivity contribution in [2.75, 3.05) is 6.61 Å². The van der Waals surface area contributed by atoms with E-state index in [0.717, 1.165) is 23.8 Å². The van der Waals surface area contributed by atoms with Crippen molar-refractivity contribution in [1.82, 2.24) is 0 Å². The molecule has 2 aromatic rings. The highest BCUT2D eigenvalue weighted by Gasteiger charge is 2.26. The van der Waals surface area contributed by atoms with E-state index in [2.05, 4.69) is 73.3 Å². The molecular formula is C20H15Br2ClINO3. The molecule has 8 heteroatoms. The van der Waals surface area contributed by atoms with Crippen molar-refractivity contribution in [3.05, 3.63) is 64.7 Å². The third-order valence-corrected chi connectivity index (χ3v) is 5.84. The number of nitrogens with zero attached hydrogens (tertiary/aromatic N) is 1. The molecule has 0 fully saturated rings. The van der Waals surface area contributed by atoms with Gasteiger partial charge in [-0.3, -0.25) is 0 Å². The normalized spacial score (nSPS) is 15.2. The maximum absolute atomic E-state index is 12.3. The number of esters is 1. The van der Waals surface area contributed by atoms with Gasteiger partial charge < -0.3 is 9.47 Å². The van der Waals surface area contributed by atoms with E-state index in [1.807, 2.05) is 24.3 Å². The van der Waals surface area contributed by atoms with E-state index in [1.165, 1.54) is 0 Å². The molecule has 1 heterocycles. The van der Waals surface area contributed by atoms with Gasteiger partial charge in [0, 0.05) is 3.57 Å². The summed E-state index contributed by atoms with van der Waals surface area (Å²) in [7, 11) is 0. The first-order valence-electron chi connectivity index (χ1n) is 8.34. The first kappa shape index (κ1) is 21.8. The van der Waals surface area contributed by atoms with Crippen molar-refractivity contribution in [1.29, 1.82) is 0 Å². The Bertz CT molecular complexity index is 982. The van der Waals surface area contributed by atoms with Gasteiger partial charge in [0.1, 0.15) is 5.75 Å². The van der Waals surface area contributed by atoms with Crippen LogP contribution < -0.4 is 4.74 Å². The van der Waals surface area contributed by atoms with Crippen LogP contribution in [0.2, 0.25) is 5.02 Å². The monoisotopic (exact) mass is 637 g/mol. The molecule has 0 amide bonds. The minimum atomic E-state index is -0.516. The van der Waals surface area contributed by atoms with E-state index in [4.69, 9.17) is 21.1 Å². The van der Waals surface area contributed by atoms with Gasteiger partial charge >= 0.3 is 5.97 Å². The number of aliphatic imine (C=N–C) groups is 1. The molecule has 0 saturated heterocycles. The summed E-state index contributed by atoms with van der Waals surface area (Å²) in [4.78, 5) is 16.6. The fraction of sp³-hybridized carbons (Fsp3) is 0.200. The van der Waals surface area contributed by atoms with Crippen molar-refractivity contribution in [3.63, 3.8) is 0 Å². The summed E-state index contributed by atoms with van der Waals surface area (Å²) >= 11 is 15.4. The molecule has 146 valence electrons. The summed E-state index contributed by atoms with van der Waals surface area (Å²) in [5, 5.41) is 0.477. The van der Waals surface area contributed by atoms with E-state index >= 15 is 0 Å². The van der Waals surface area contributed by atoms with Crippen LogP contribution in [-0.4, -0.2) is 18.5 Å². The molecule has 0 radical (unpaired) electrons. The Labute approximate surface area is 198 Å². The van der Waals surface area contributed by atoms with Gasteiger partial charge in [-0.1, -0.05) is 25.4 Å². The molecule has 0 aromatic heterocycles. The smallest absolute Gasteiger partial charge is 0.363 e. The van der Waals surface area contributed by atoms with Crippen LogP contribution in [0.15, 0.2) is 50.0 Å². The molecule has 4 nitrogen and oxygen atoms in total. The molecule has 0 bridgehead atoms. The Balaban J connectivity index is 1.92. The molecule has 2 aromatic carbocycles. The molecule has 0 unspecified atom stereocenters. The van der Waals surface area contributed by atoms with Gasteiger partial charge in [-0.15, -0.1) is 0 Å². The Hall–Kier alpha value is -0.900. The molecule has 0 aliphatic carbocycles. The van der Waals surface area contributed by atoms with Crippen LogP contribution in [-0.2, 0) is 9.53 Å². The van der Waals surface area contributed by atoms with Crippen molar-refractivity contribution in [3.8, 4) is 5.75 Å². The minimum Gasteiger partial charge on any atom is -0.491 e. The number of halogens is 4. The number of benzene rings is 2. The summed E-state index contributed by atoms with van der Waals surface area (Å²) in [5.74, 6) is 0.821. The topological polar surface area (TPSA) is 47.9 Å². The Morgan fingerprint density at radius 3 is 2.57 bits per heavy atom. The van der Waals surface area contributed by atoms with E-state index in [1.54, 1.807) is 12.1 Å². The summed E-state index contributed by atoms with van der Waals surface area (Å²) in [5.41, 5.74) is 1.58. The maximum atomic E-state index is 12.3. The second kappa shape index (κ2) is 9.28. The Morgan fingerprint density at radius 2 is 1.93 bits per heavy atom. The standard InChI is InChI=1S/C20H15Br2ClINO3/c1-10(2)9-27-18-14(21)5-11(6-15(18)22)7-17-20(26)28-19(25-17)13-8-12(24)3-4-16(13)23/h3-8,10H,9H2,1-2H3/b17-7-. The van der Waals surface area contributed by atoms with Crippen LogP contribution >= 0.6 is 66.1 Å². The summed E-state index contributed by atoms with van der Waals surface area (Å²) in [6.45, 7) is 4.78. The zero-order valence-electron chi connectivity index (χ0n) is 14.9. The van der Waals surface area contributed by atoms with Crippen LogP contribution in [0, 0.1) is 9.49 Å². The highest BCUT2D eigenvalue weighted by molar-refractivity contribution is 14.1. The maximum Gasteiger partial charge on any atom is 0.363 e. The molecule has 0 saturated carbocycles. The predicted molar refractivity (Wildman–Crippen MR) is 127 cm³/mol. The summed E-state index contributed by atoms with van der Waals surface area (Å²) < 4.78 is 13.7. The molecule has 1 aliphatic rings. The molecule has 28 heavy (non-hydrogen) atoms. The van der Waals surface area contributed by atoms with E-state index in [0.29, 0.717) is 23.1 Å². The van der Waals surface area contributed by atoms with Gasteiger partial charge in [0.25, 0.3) is 0 Å². The molecular weight excluding hydrogens is 624 g/mol. The number of carbonyl (C=O) groups is 1. The Kier molecular flexibility index (Phi) is 7.22. The number of ether oxygens (including phenoxy) is 2. The fourth-order valence-electron chi connectivity index (χ4n) is 2.39. The van der Waals surface area contributed by atoms with Gasteiger partial charge in [-0.25, -0.2) is 9.79 Å². The first-order valence-corrected chi connectivity index (χ1v) is 11.4. The van der Waals surface area contributed by atoms with E-state index in [-0.39, 0.29) is 11.6 Å². The lowest BCUT2D eigenvalue weighted by Crippen LogP contribution is -2.06. The number of hydrogen-bond donors (Lipinski definition) is 0. The number of hydrogen-bond acceptors (Lipinski definition) is 4. The number of cyclic esters (lactones) is 1. The van der Waals surface area contributed by atoms with Crippen LogP contribution in [0.5, 0.6) is 5.75 Å². The van der Waals surface area contributed by atoms with Gasteiger partial charge in [0.15, 0.2) is 5.70 Å². The van der Waals surface area contributed by atoms with Crippen LogP contribution in [0.25, 0.3) is 6.08 Å². The largest absolute Gasteiger partial charge is 0.491 e. The third kappa shape index (κ3) is 5.17. The molecule has 3 rings (SSSR count). The van der Waals surface area contributed by atoms with Gasteiger partial charge in [-0.2, -0.15) is 0 Å². The predicted octanol–water partition coefficient (Wildman–Crippen LogP) is 6.85. The lowest BCUT2D eigenvalue weighted by atomic mass is 10.2. The third-order valence-electron chi connectivity index (χ3n) is 3.66. The summed E-state index contributed by atoms with van der Waals surface area (Å²) in [6.07, 6.45) is 1.67. The van der Waals surface area contributed by atoms with Crippen LogP contribution in [0.4, 0.5) is 0 Å². The average Bonchev–Trinajstić information content (AvgIpc) is 2.96. The van der Waals surface area contributed by atoms with Gasteiger partial charge in [0.2, 0.25) is 5.90 Å². The lowest BCUT2D eigenvalue weighted by Gasteiger charge is -2.13. The van der Waals surface area contributed by atoms with Crippen molar-refractivity contribution >= 4 is 84.0 Å². The SMILES string of the molecule is CC(C)COc1c(Br)cc(/C=C2\N=C(c3cc(I)ccc3Cl)OC2=O)cc1Br. The average molecular weight is 640 g/mol. The minimum absolute atomic E-state index is 0.204. The molecule has 0 atom stereocenters. The quantitative estimate of drug-likeness (QED) is 0.204. The van der Waals surface area contributed by atoms with Gasteiger partial charge in [0.05, 0.1) is 26.1 Å². The van der Waals surface area contributed by atoms with Crippen molar-refractivity contribution in [2.45, 2.75) is 13.8 Å². The number of carbonyl (C=O) groups excluding carboxylic acids is 1. The first-order chi connectivity index (χ1) is 13.2. The van der Waals surface area contributed by atoms with E-state index in [9.17, 15) is 4.79 Å². The molecule has 0 N–H and O–H groups in total. The molecule has 1 aliphatic heterocycles. The van der Waals surface area contributed by atoms with E-state index < -0.39 is 5.97 Å². The number of rotatable bonds is 5. The summed E-state index contributed by atoms with van der Waals surface area (Å²) in [6, 6.07) is 9.19. The lowest BCUT2D eigenvalue weighted by molar-refractivity contribution is -0.129. The van der Waals surface area contributed by atoms with Crippen molar-refractivity contribution in [2.24, 2.45) is 10.9 Å². The van der Waals surface area contributed by atoms with Gasteiger partial charge in [-0.05, 0) is 102 Å². The second-order valence-corrected chi connectivity index (χ2v) is 9.84. The second-order valence-electron chi connectivity index (χ2n) is 6.48. The highest BCUT2D eigenvalue weighted by Crippen LogP contribution is 2.36. The van der Waals surface area contributed by atoms with Crippen molar-refractivity contribution < 1.29 is 14.3 Å². The molecule has 0 spiro atoms. The Morgan fingerprint density at radius 1 is 1.25 bits per heavy atom. The zero-order chi connectivity index (χ0) is 20.4.